The summed E-state index contributed by atoms with van der Waals surface area (Å²) >= 11 is 5.55. The molecule has 0 saturated heterocycles. The van der Waals surface area contributed by atoms with Gasteiger partial charge in [0.2, 0.25) is 0 Å². The molecule has 0 N–H and O–H groups in total. The standard InChI is InChI=1S/C9H11ClO2S/c1-13(11,12)9-4-2-3-8(7-9)5-6-10/h2-4,7H,5-6H2,1H3. The van der Waals surface area contributed by atoms with E-state index in [0.29, 0.717) is 17.2 Å². The van der Waals surface area contributed by atoms with E-state index in [2.05, 4.69) is 0 Å². The Kier molecular flexibility index (Phi) is 3.33. The Labute approximate surface area is 83.5 Å². The summed E-state index contributed by atoms with van der Waals surface area (Å²) in [6, 6.07) is 6.86. The van der Waals surface area contributed by atoms with Crippen LogP contribution in [0.4, 0.5) is 0 Å². The molecule has 0 spiro atoms. The van der Waals surface area contributed by atoms with Gasteiger partial charge in [0, 0.05) is 12.1 Å². The lowest BCUT2D eigenvalue weighted by molar-refractivity contribution is 0.601. The minimum absolute atomic E-state index is 0.357. The molecule has 4 heteroatoms. The van der Waals surface area contributed by atoms with E-state index in [4.69, 9.17) is 11.6 Å². The quantitative estimate of drug-likeness (QED) is 0.726. The van der Waals surface area contributed by atoms with Crippen molar-refractivity contribution < 1.29 is 8.42 Å². The van der Waals surface area contributed by atoms with E-state index < -0.39 is 9.84 Å². The van der Waals surface area contributed by atoms with Gasteiger partial charge in [-0.1, -0.05) is 12.1 Å². The molecule has 72 valence electrons. The van der Waals surface area contributed by atoms with Crippen LogP contribution in [0.2, 0.25) is 0 Å². The molecular formula is C9H11ClO2S. The number of alkyl halides is 1. The molecule has 0 fully saturated rings. The van der Waals surface area contributed by atoms with Crippen LogP contribution in [0, 0.1) is 0 Å². The highest BCUT2D eigenvalue weighted by molar-refractivity contribution is 7.90. The van der Waals surface area contributed by atoms with E-state index >= 15 is 0 Å². The molecule has 0 heterocycles. The van der Waals surface area contributed by atoms with Crippen LogP contribution in [0.5, 0.6) is 0 Å². The monoisotopic (exact) mass is 218 g/mol. The van der Waals surface area contributed by atoms with Crippen molar-refractivity contribution in [2.45, 2.75) is 11.3 Å². The van der Waals surface area contributed by atoms with Gasteiger partial charge in [-0.3, -0.25) is 0 Å². The van der Waals surface area contributed by atoms with E-state index in [1.54, 1.807) is 18.2 Å². The van der Waals surface area contributed by atoms with Gasteiger partial charge >= 0.3 is 0 Å². The van der Waals surface area contributed by atoms with E-state index in [1.807, 2.05) is 6.07 Å². The molecule has 1 aromatic rings. The molecule has 13 heavy (non-hydrogen) atoms. The van der Waals surface area contributed by atoms with Crippen LogP contribution in [0.15, 0.2) is 29.2 Å². The minimum Gasteiger partial charge on any atom is -0.224 e. The Balaban J connectivity index is 3.06. The van der Waals surface area contributed by atoms with E-state index in [1.165, 1.54) is 6.26 Å². The smallest absolute Gasteiger partial charge is 0.175 e. The first-order valence-electron chi connectivity index (χ1n) is 3.89. The van der Waals surface area contributed by atoms with Crippen LogP contribution < -0.4 is 0 Å². The van der Waals surface area contributed by atoms with Gasteiger partial charge in [-0.05, 0) is 24.1 Å². The number of sulfone groups is 1. The third-order valence-electron chi connectivity index (χ3n) is 1.71. The largest absolute Gasteiger partial charge is 0.224 e. The molecule has 0 amide bonds. The topological polar surface area (TPSA) is 34.1 Å². The molecular weight excluding hydrogens is 208 g/mol. The summed E-state index contributed by atoms with van der Waals surface area (Å²) in [6.45, 7) is 0. The first-order chi connectivity index (χ1) is 6.04. The number of hydrogen-bond donors (Lipinski definition) is 0. The fourth-order valence-electron chi connectivity index (χ4n) is 1.04. The lowest BCUT2D eigenvalue weighted by Gasteiger charge is -2.01. The van der Waals surface area contributed by atoms with Gasteiger partial charge in [0.15, 0.2) is 9.84 Å². The molecule has 1 rings (SSSR count). The Morgan fingerprint density at radius 3 is 2.62 bits per heavy atom. The van der Waals surface area contributed by atoms with Crippen molar-refractivity contribution in [3.63, 3.8) is 0 Å². The van der Waals surface area contributed by atoms with Gasteiger partial charge < -0.3 is 0 Å². The van der Waals surface area contributed by atoms with Crippen LogP contribution in [0.3, 0.4) is 0 Å². The summed E-state index contributed by atoms with van der Waals surface area (Å²) in [5.74, 6) is 0.507. The highest BCUT2D eigenvalue weighted by Crippen LogP contribution is 2.11. The van der Waals surface area contributed by atoms with Gasteiger partial charge in [0.25, 0.3) is 0 Å². The summed E-state index contributed by atoms with van der Waals surface area (Å²) in [7, 11) is -3.09. The van der Waals surface area contributed by atoms with Crippen LogP contribution in [0.1, 0.15) is 5.56 Å². The highest BCUT2D eigenvalue weighted by Gasteiger charge is 2.06. The average molecular weight is 219 g/mol. The molecule has 2 nitrogen and oxygen atoms in total. The summed E-state index contributed by atoms with van der Waals surface area (Å²) in [5, 5.41) is 0. The lowest BCUT2D eigenvalue weighted by atomic mass is 10.2. The summed E-state index contributed by atoms with van der Waals surface area (Å²) in [4.78, 5) is 0.357. The van der Waals surface area contributed by atoms with Crippen molar-refractivity contribution in [3.05, 3.63) is 29.8 Å². The molecule has 0 saturated carbocycles. The molecule has 0 bridgehead atoms. The molecule has 0 atom stereocenters. The van der Waals surface area contributed by atoms with E-state index in [0.717, 1.165) is 5.56 Å². The van der Waals surface area contributed by atoms with Crippen LogP contribution in [0.25, 0.3) is 0 Å². The van der Waals surface area contributed by atoms with Crippen LogP contribution in [-0.4, -0.2) is 20.6 Å². The maximum Gasteiger partial charge on any atom is 0.175 e. The number of aryl methyl sites for hydroxylation is 1. The van der Waals surface area contributed by atoms with Crippen molar-refractivity contribution in [3.8, 4) is 0 Å². The van der Waals surface area contributed by atoms with Gasteiger partial charge in [-0.25, -0.2) is 8.42 Å². The lowest BCUT2D eigenvalue weighted by Crippen LogP contribution is -1.98. The Morgan fingerprint density at radius 2 is 2.08 bits per heavy atom. The number of rotatable bonds is 3. The van der Waals surface area contributed by atoms with Crippen molar-refractivity contribution in [1.29, 1.82) is 0 Å². The van der Waals surface area contributed by atoms with Crippen molar-refractivity contribution in [2.75, 3.05) is 12.1 Å². The predicted octanol–water partition coefficient (Wildman–Crippen LogP) is 1.87. The number of benzene rings is 1. The zero-order chi connectivity index (χ0) is 9.90. The second kappa shape index (κ2) is 4.11. The second-order valence-electron chi connectivity index (χ2n) is 2.86. The highest BCUT2D eigenvalue weighted by atomic mass is 35.5. The zero-order valence-corrected chi connectivity index (χ0v) is 8.90. The third-order valence-corrected chi connectivity index (χ3v) is 3.01. The third kappa shape index (κ3) is 3.01. The Morgan fingerprint density at radius 1 is 1.38 bits per heavy atom. The Hall–Kier alpha value is -0.540. The molecule has 0 radical (unpaired) electrons. The molecule has 0 aliphatic rings. The van der Waals surface area contributed by atoms with Crippen molar-refractivity contribution in [2.24, 2.45) is 0 Å². The first-order valence-corrected chi connectivity index (χ1v) is 6.31. The number of halogens is 1. The van der Waals surface area contributed by atoms with Gasteiger partial charge in [-0.2, -0.15) is 0 Å². The van der Waals surface area contributed by atoms with Crippen LogP contribution in [-0.2, 0) is 16.3 Å². The molecule has 0 aliphatic heterocycles. The molecule has 0 aromatic heterocycles. The predicted molar refractivity (Wildman–Crippen MR) is 54.0 cm³/mol. The van der Waals surface area contributed by atoms with Crippen LogP contribution >= 0.6 is 11.6 Å². The van der Waals surface area contributed by atoms with Gasteiger partial charge in [-0.15, -0.1) is 11.6 Å². The van der Waals surface area contributed by atoms with Crippen molar-refractivity contribution >= 4 is 21.4 Å². The maximum absolute atomic E-state index is 11.2. The maximum atomic E-state index is 11.2. The fraction of sp³-hybridized carbons (Fsp3) is 0.333. The Bertz CT molecular complexity index is 384. The minimum atomic E-state index is -3.09. The van der Waals surface area contributed by atoms with E-state index in [9.17, 15) is 8.42 Å². The molecule has 1 aromatic carbocycles. The first kappa shape index (κ1) is 10.5. The van der Waals surface area contributed by atoms with Gasteiger partial charge in [0.1, 0.15) is 0 Å². The zero-order valence-electron chi connectivity index (χ0n) is 7.33. The van der Waals surface area contributed by atoms with Crippen molar-refractivity contribution in [1.82, 2.24) is 0 Å². The molecule has 0 aliphatic carbocycles. The van der Waals surface area contributed by atoms with E-state index in [-0.39, 0.29) is 0 Å². The summed E-state index contributed by atoms with van der Waals surface area (Å²) in [6.07, 6.45) is 1.90. The van der Waals surface area contributed by atoms with Gasteiger partial charge in [0.05, 0.1) is 4.90 Å². The average Bonchev–Trinajstić information content (AvgIpc) is 2.04. The second-order valence-corrected chi connectivity index (χ2v) is 5.25. The fourth-order valence-corrected chi connectivity index (χ4v) is 1.95. The summed E-state index contributed by atoms with van der Waals surface area (Å²) < 4.78 is 22.3. The normalized spacial score (nSPS) is 11.5. The SMILES string of the molecule is CS(=O)(=O)c1cccc(CCCl)c1. The summed E-state index contributed by atoms with van der Waals surface area (Å²) in [5.41, 5.74) is 0.956. The molecule has 0 unspecified atom stereocenters. The number of hydrogen-bond acceptors (Lipinski definition) is 2.